The lowest BCUT2D eigenvalue weighted by molar-refractivity contribution is -0.144. The zero-order valence-corrected chi connectivity index (χ0v) is 40.6. The number of amides is 3. The fourth-order valence-electron chi connectivity index (χ4n) is 7.29. The zero-order valence-electron chi connectivity index (χ0n) is 39.0. The van der Waals surface area contributed by atoms with E-state index in [0.29, 0.717) is 28.9 Å². The lowest BCUT2D eigenvalue weighted by Gasteiger charge is -2.35. The van der Waals surface area contributed by atoms with Gasteiger partial charge in [-0.1, -0.05) is 57.2 Å². The van der Waals surface area contributed by atoms with Gasteiger partial charge in [0, 0.05) is 51.4 Å². The van der Waals surface area contributed by atoms with Crippen LogP contribution in [0.5, 0.6) is 5.75 Å². The Labute approximate surface area is 402 Å². The van der Waals surface area contributed by atoms with E-state index in [1.807, 2.05) is 31.2 Å². The Kier molecular flexibility index (Phi) is 16.9. The number of thiazole rings is 1. The number of aromatic nitrogens is 3. The molecular weight excluding hydrogens is 940 g/mol. The van der Waals surface area contributed by atoms with Crippen LogP contribution in [0.1, 0.15) is 56.0 Å². The highest BCUT2D eigenvalue weighted by Crippen LogP contribution is 2.35. The molecule has 2 aromatic heterocycles. The number of aryl methyl sites for hydroxylation is 1. The third kappa shape index (κ3) is 14.3. The summed E-state index contributed by atoms with van der Waals surface area (Å²) in [5.41, 5.74) is 4.13. The van der Waals surface area contributed by atoms with Crippen LogP contribution in [0.4, 0.5) is 36.3 Å². The predicted molar refractivity (Wildman–Crippen MR) is 256 cm³/mol. The van der Waals surface area contributed by atoms with Gasteiger partial charge in [-0.3, -0.25) is 18.7 Å². The number of benzene rings is 3. The summed E-state index contributed by atoms with van der Waals surface area (Å²) in [5.74, 6) is -1.44. The number of likely N-dealkylation sites (tertiary alicyclic amines) is 1. The highest BCUT2D eigenvalue weighted by Gasteiger charge is 2.44. The summed E-state index contributed by atoms with van der Waals surface area (Å²) in [6.07, 6.45) is -3.95. The quantitative estimate of drug-likeness (QED) is 0.0544. The summed E-state index contributed by atoms with van der Waals surface area (Å²) < 4.78 is 78.0. The average molecular weight is 996 g/mol. The topological polar surface area (TPSA) is 217 Å². The Morgan fingerprint density at radius 1 is 0.971 bits per heavy atom. The normalized spacial score (nSPS) is 15.6. The average Bonchev–Trinajstić information content (AvgIpc) is 3.92. The van der Waals surface area contributed by atoms with Crippen molar-refractivity contribution in [1.29, 1.82) is 0 Å². The lowest BCUT2D eigenvalue weighted by Crippen LogP contribution is -2.57. The van der Waals surface area contributed by atoms with E-state index in [4.69, 9.17) is 9.47 Å². The van der Waals surface area contributed by atoms with Gasteiger partial charge in [0.15, 0.2) is 0 Å². The molecule has 370 valence electrons. The second-order valence-corrected chi connectivity index (χ2v) is 20.4. The number of carbonyl (C=O) groups excluding carboxylic acids is 3. The van der Waals surface area contributed by atoms with Gasteiger partial charge in [0.2, 0.25) is 33.7 Å². The molecule has 3 atom stereocenters. The first-order valence-electron chi connectivity index (χ1n) is 21.9. The smallest absolute Gasteiger partial charge is 0.421 e. The molecule has 1 fully saturated rings. The number of anilines is 4. The number of β-amino-alcohol motifs (C(OH)–C–C–N with tert-alkyl or cyclic N) is 1. The summed E-state index contributed by atoms with van der Waals surface area (Å²) >= 11 is 1.55. The SMILES string of the molecule is Cc1ncsc1-c1ccc(CNC(=O)[C@@H]2C[C@H](O)CN2C(=O)[C@@H](NC(=O)CCOCCOc2ccc(Nc3ncc(C(F)(F)F)c(NCc4cccc(N(C)S(C)(=O)=O)c4)n3)cc2)C(C)(C)C)cc1. The fraction of sp³-hybridized carbons (Fsp3) is 0.404. The number of nitrogens with zero attached hydrogens (tertiary/aromatic N) is 5. The van der Waals surface area contributed by atoms with E-state index in [0.717, 1.165) is 32.3 Å². The number of carbonyl (C=O) groups is 3. The predicted octanol–water partition coefficient (Wildman–Crippen LogP) is 6.27. The standard InChI is InChI=1S/C47H56F3N9O8S2/c1-29-40(68-28-54-29)32-12-10-30(11-13-32)24-52-43(62)38-23-35(60)27-59(38)44(63)41(46(2,3)4)56-39(61)18-19-66-20-21-67-36-16-14-33(15-17-36)55-45-53-26-37(47(48,49)50)42(57-45)51-25-31-8-7-9-34(22-31)58(5)69(6,64)65/h7-17,22,26,28,35,38,41,60H,18-21,23-25,27H2,1-6H3,(H,52,62)(H,56,61)(H2,51,53,55,57)/t35-,38-,41+/m0/s1. The van der Waals surface area contributed by atoms with Crippen LogP contribution < -0.4 is 30.3 Å². The lowest BCUT2D eigenvalue weighted by atomic mass is 9.85. The molecular formula is C47H56F3N9O8S2. The van der Waals surface area contributed by atoms with Crippen molar-refractivity contribution in [2.24, 2.45) is 5.41 Å². The van der Waals surface area contributed by atoms with Crippen LogP contribution in [0.2, 0.25) is 0 Å². The van der Waals surface area contributed by atoms with Crippen molar-refractivity contribution < 1.29 is 50.6 Å². The Balaban J connectivity index is 0.939. The number of rotatable bonds is 20. The maximum atomic E-state index is 14.0. The number of ether oxygens (including phenoxy) is 2. The number of aliphatic hydroxyl groups excluding tert-OH is 1. The van der Waals surface area contributed by atoms with Gasteiger partial charge in [0.25, 0.3) is 0 Å². The van der Waals surface area contributed by atoms with Gasteiger partial charge < -0.3 is 40.7 Å². The van der Waals surface area contributed by atoms with Gasteiger partial charge in [-0.25, -0.2) is 18.4 Å². The molecule has 0 saturated carbocycles. The number of halogens is 3. The van der Waals surface area contributed by atoms with Gasteiger partial charge in [-0.2, -0.15) is 18.2 Å². The fourth-order valence-corrected chi connectivity index (χ4v) is 8.59. The molecule has 3 aromatic carbocycles. The van der Waals surface area contributed by atoms with Crippen LogP contribution in [0, 0.1) is 12.3 Å². The maximum absolute atomic E-state index is 14.0. The van der Waals surface area contributed by atoms with Crippen molar-refractivity contribution in [1.82, 2.24) is 30.5 Å². The minimum absolute atomic E-state index is 0.0260. The van der Waals surface area contributed by atoms with E-state index in [1.54, 1.807) is 86.1 Å². The number of hydrogen-bond donors (Lipinski definition) is 5. The van der Waals surface area contributed by atoms with Crippen molar-refractivity contribution >= 4 is 62.2 Å². The number of sulfonamides is 1. The van der Waals surface area contributed by atoms with Crippen molar-refractivity contribution in [3.05, 3.63) is 107 Å². The van der Waals surface area contributed by atoms with Gasteiger partial charge in [0.1, 0.15) is 35.8 Å². The van der Waals surface area contributed by atoms with Gasteiger partial charge in [0.05, 0.1) is 47.3 Å². The monoisotopic (exact) mass is 995 g/mol. The Bertz CT molecular complexity index is 2680. The van der Waals surface area contributed by atoms with E-state index >= 15 is 0 Å². The van der Waals surface area contributed by atoms with Gasteiger partial charge in [-0.15, -0.1) is 11.3 Å². The van der Waals surface area contributed by atoms with E-state index in [-0.39, 0.29) is 58.2 Å². The molecule has 0 unspecified atom stereocenters. The van der Waals surface area contributed by atoms with Gasteiger partial charge >= 0.3 is 6.18 Å². The number of nitrogens with one attached hydrogen (secondary N) is 4. The summed E-state index contributed by atoms with van der Waals surface area (Å²) in [7, 11) is -2.18. The third-order valence-electron chi connectivity index (χ3n) is 11.1. The maximum Gasteiger partial charge on any atom is 0.421 e. The Morgan fingerprint density at radius 3 is 2.35 bits per heavy atom. The molecule has 1 saturated heterocycles. The molecule has 5 N–H and O–H groups in total. The second-order valence-electron chi connectivity index (χ2n) is 17.5. The molecule has 6 rings (SSSR count). The molecule has 0 spiro atoms. The highest BCUT2D eigenvalue weighted by molar-refractivity contribution is 7.92. The molecule has 69 heavy (non-hydrogen) atoms. The molecule has 3 amide bonds. The van der Waals surface area contributed by atoms with Crippen LogP contribution in [0.25, 0.3) is 10.4 Å². The van der Waals surface area contributed by atoms with E-state index in [2.05, 4.69) is 36.2 Å². The van der Waals surface area contributed by atoms with Crippen LogP contribution in [-0.2, 0) is 48.4 Å². The second kappa shape index (κ2) is 22.4. The molecule has 17 nitrogen and oxygen atoms in total. The van der Waals surface area contributed by atoms with E-state index in [9.17, 15) is 41.1 Å². The highest BCUT2D eigenvalue weighted by atomic mass is 32.2. The molecule has 1 aliphatic rings. The van der Waals surface area contributed by atoms with E-state index < -0.39 is 68.9 Å². The van der Waals surface area contributed by atoms with Crippen molar-refractivity contribution in [3.63, 3.8) is 0 Å². The number of aliphatic hydroxyl groups is 1. The summed E-state index contributed by atoms with van der Waals surface area (Å²) in [5, 5.41) is 21.8. The zero-order chi connectivity index (χ0) is 50.1. The Morgan fingerprint density at radius 2 is 1.70 bits per heavy atom. The van der Waals surface area contributed by atoms with Gasteiger partial charge in [-0.05, 0) is 65.4 Å². The molecule has 0 radical (unpaired) electrons. The molecule has 0 bridgehead atoms. The first kappa shape index (κ1) is 52.0. The first-order chi connectivity index (χ1) is 32.6. The molecule has 0 aliphatic carbocycles. The summed E-state index contributed by atoms with van der Waals surface area (Å²) in [4.78, 5) is 55.1. The van der Waals surface area contributed by atoms with Crippen molar-refractivity contribution in [2.75, 3.05) is 54.6 Å². The summed E-state index contributed by atoms with van der Waals surface area (Å²) in [6, 6.07) is 18.7. The van der Waals surface area contributed by atoms with Crippen LogP contribution >= 0.6 is 11.3 Å². The molecule has 22 heteroatoms. The minimum Gasteiger partial charge on any atom is -0.491 e. The largest absolute Gasteiger partial charge is 0.491 e. The molecule has 5 aromatic rings. The van der Waals surface area contributed by atoms with Crippen LogP contribution in [0.15, 0.2) is 84.5 Å². The number of hydrogen-bond acceptors (Lipinski definition) is 14. The first-order valence-corrected chi connectivity index (χ1v) is 24.6. The number of alkyl halides is 3. The van der Waals surface area contributed by atoms with Crippen molar-refractivity contribution in [3.8, 4) is 16.2 Å². The molecule has 1 aliphatic heterocycles. The third-order valence-corrected chi connectivity index (χ3v) is 13.3. The Hall–Kier alpha value is -6.36. The summed E-state index contributed by atoms with van der Waals surface area (Å²) in [6.45, 7) is 7.72. The van der Waals surface area contributed by atoms with Crippen molar-refractivity contribution in [2.45, 2.75) is 78.0 Å². The molecule has 3 heterocycles. The van der Waals surface area contributed by atoms with Crippen LogP contribution in [-0.4, -0.2) is 109 Å². The minimum atomic E-state index is -4.76. The van der Waals surface area contributed by atoms with Crippen LogP contribution in [0.3, 0.4) is 0 Å². The van der Waals surface area contributed by atoms with E-state index in [1.165, 1.54) is 11.9 Å².